The van der Waals surface area contributed by atoms with E-state index in [-0.39, 0.29) is 29.1 Å². The van der Waals surface area contributed by atoms with Crippen LogP contribution >= 0.6 is 15.9 Å². The second kappa shape index (κ2) is 19.8. The van der Waals surface area contributed by atoms with Crippen molar-refractivity contribution in [2.24, 2.45) is 17.3 Å². The van der Waals surface area contributed by atoms with Gasteiger partial charge in [-0.25, -0.2) is 4.79 Å². The number of aliphatic hydroxyl groups excluding tert-OH is 1. The van der Waals surface area contributed by atoms with Gasteiger partial charge in [-0.3, -0.25) is 0 Å². The van der Waals surface area contributed by atoms with Crippen molar-refractivity contribution in [3.63, 3.8) is 0 Å². The van der Waals surface area contributed by atoms with Gasteiger partial charge < -0.3 is 14.3 Å². The fourth-order valence-corrected chi connectivity index (χ4v) is 8.28. The predicted molar refractivity (Wildman–Crippen MR) is 216 cm³/mol. The summed E-state index contributed by atoms with van der Waals surface area (Å²) in [7, 11) is -1.79. The van der Waals surface area contributed by atoms with E-state index in [0.717, 1.165) is 68.0 Å². The molecule has 4 atom stereocenters. The first-order valence-electron chi connectivity index (χ1n) is 18.7. The fraction of sp³-hybridized carbons (Fsp3) is 0.651. The summed E-state index contributed by atoms with van der Waals surface area (Å²) in [5.74, 6) is 0.737. The Kier molecular flexibility index (Phi) is 17.5. The molecule has 0 spiro atoms. The van der Waals surface area contributed by atoms with Gasteiger partial charge in [0.25, 0.3) is 0 Å². The van der Waals surface area contributed by atoms with Gasteiger partial charge in [0, 0.05) is 17.5 Å². The number of allylic oxidation sites excluding steroid dienone is 5. The number of aliphatic hydroxyl groups is 1. The number of carbonyl (C=O) groups excluding carboxylic acids is 1. The molecule has 0 bridgehead atoms. The van der Waals surface area contributed by atoms with Crippen LogP contribution in [0.3, 0.4) is 0 Å². The molecule has 1 aliphatic rings. The fourth-order valence-electron chi connectivity index (χ4n) is 6.93. The van der Waals surface area contributed by atoms with Gasteiger partial charge in [0.15, 0.2) is 8.32 Å². The lowest BCUT2D eigenvalue weighted by atomic mass is 9.56. The van der Waals surface area contributed by atoms with E-state index in [1.807, 2.05) is 12.1 Å². The van der Waals surface area contributed by atoms with Crippen LogP contribution < -0.4 is 0 Å². The summed E-state index contributed by atoms with van der Waals surface area (Å²) < 4.78 is 13.6. The highest BCUT2D eigenvalue weighted by molar-refractivity contribution is 9.10. The number of hydrogen-bond donors (Lipinski definition) is 1. The quantitative estimate of drug-likeness (QED) is 0.0744. The molecular weight excluding hydrogens is 688 g/mol. The van der Waals surface area contributed by atoms with Crippen molar-refractivity contribution >= 4 is 30.2 Å². The minimum atomic E-state index is -1.79. The van der Waals surface area contributed by atoms with E-state index in [1.54, 1.807) is 12.1 Å². The molecule has 0 radical (unpaired) electrons. The zero-order valence-electron chi connectivity index (χ0n) is 33.1. The number of rotatable bonds is 17. The number of esters is 1. The molecule has 49 heavy (non-hydrogen) atoms. The molecule has 1 aromatic rings. The molecule has 1 saturated carbocycles. The molecule has 0 amide bonds. The lowest BCUT2D eigenvalue weighted by molar-refractivity contribution is 0.0394. The Morgan fingerprint density at radius 2 is 1.71 bits per heavy atom. The lowest BCUT2D eigenvalue weighted by Crippen LogP contribution is -2.42. The Balaban J connectivity index is 2.23. The van der Waals surface area contributed by atoms with Crippen molar-refractivity contribution in [2.75, 3.05) is 13.2 Å². The summed E-state index contributed by atoms with van der Waals surface area (Å²) in [6.45, 7) is 28.1. The van der Waals surface area contributed by atoms with E-state index in [4.69, 9.17) is 9.16 Å². The second-order valence-electron chi connectivity index (χ2n) is 16.8. The Morgan fingerprint density at radius 1 is 1.06 bits per heavy atom. The third-order valence-corrected chi connectivity index (χ3v) is 16.5. The summed E-state index contributed by atoms with van der Waals surface area (Å²) in [6.07, 6.45) is 15.5. The van der Waals surface area contributed by atoms with Crippen LogP contribution in [0.15, 0.2) is 74.8 Å². The highest BCUT2D eigenvalue weighted by atomic mass is 79.9. The van der Waals surface area contributed by atoms with E-state index < -0.39 is 8.32 Å². The van der Waals surface area contributed by atoms with Gasteiger partial charge in [-0.15, -0.1) is 0 Å². The van der Waals surface area contributed by atoms with Crippen LogP contribution in [-0.2, 0) is 9.16 Å². The van der Waals surface area contributed by atoms with Gasteiger partial charge >= 0.3 is 5.97 Å². The summed E-state index contributed by atoms with van der Waals surface area (Å²) in [6, 6.07) is 7.37. The minimum absolute atomic E-state index is 0.132. The number of hydrogen-bond acceptors (Lipinski definition) is 4. The van der Waals surface area contributed by atoms with E-state index in [0.29, 0.717) is 23.8 Å². The molecule has 0 unspecified atom stereocenters. The minimum Gasteiger partial charge on any atom is -0.454 e. The number of carbonyl (C=O) groups is 1. The summed E-state index contributed by atoms with van der Waals surface area (Å²) >= 11 is 3.46. The summed E-state index contributed by atoms with van der Waals surface area (Å²) in [5, 5.41) is 10.4. The average Bonchev–Trinajstić information content (AvgIpc) is 3.00. The Morgan fingerprint density at radius 3 is 2.31 bits per heavy atom. The average molecular weight is 758 g/mol. The van der Waals surface area contributed by atoms with Gasteiger partial charge in [-0.1, -0.05) is 85.0 Å². The third-order valence-electron chi connectivity index (χ3n) is 11.5. The Bertz CT molecular complexity index is 1330. The number of benzene rings is 1. The normalized spacial score (nSPS) is 22.5. The lowest BCUT2D eigenvalue weighted by Gasteiger charge is -2.49. The molecule has 1 fully saturated rings. The molecule has 0 aromatic heterocycles. The maximum atomic E-state index is 13.2. The highest BCUT2D eigenvalue weighted by Gasteiger charge is 2.44. The highest BCUT2D eigenvalue weighted by Crippen LogP contribution is 2.53. The first-order chi connectivity index (χ1) is 22.8. The third kappa shape index (κ3) is 13.7. The van der Waals surface area contributed by atoms with Gasteiger partial charge in [0.05, 0.1) is 12.2 Å². The van der Waals surface area contributed by atoms with Crippen molar-refractivity contribution in [3.8, 4) is 0 Å². The van der Waals surface area contributed by atoms with Crippen LogP contribution in [0.1, 0.15) is 137 Å². The smallest absolute Gasteiger partial charge is 0.338 e. The van der Waals surface area contributed by atoms with E-state index in [9.17, 15) is 9.90 Å². The van der Waals surface area contributed by atoms with Crippen molar-refractivity contribution in [1.82, 2.24) is 0 Å². The molecule has 1 N–H and O–H groups in total. The Hall–Kier alpha value is -1.73. The molecule has 276 valence electrons. The van der Waals surface area contributed by atoms with Crippen LogP contribution in [0.2, 0.25) is 18.1 Å². The summed E-state index contributed by atoms with van der Waals surface area (Å²) in [5.41, 5.74) is 7.13. The van der Waals surface area contributed by atoms with Crippen LogP contribution in [0, 0.1) is 17.3 Å². The molecular formula is C43H69BrO4Si. The van der Waals surface area contributed by atoms with Gasteiger partial charge in [0.2, 0.25) is 0 Å². The Labute approximate surface area is 310 Å². The van der Waals surface area contributed by atoms with Gasteiger partial charge in [-0.05, 0) is 157 Å². The van der Waals surface area contributed by atoms with Crippen molar-refractivity contribution < 1.29 is 19.1 Å². The van der Waals surface area contributed by atoms with E-state index in [2.05, 4.69) is 116 Å². The van der Waals surface area contributed by atoms with Crippen LogP contribution in [0.5, 0.6) is 0 Å². The largest absolute Gasteiger partial charge is 0.454 e. The first kappa shape index (κ1) is 43.4. The van der Waals surface area contributed by atoms with Crippen molar-refractivity contribution in [3.05, 3.63) is 80.4 Å². The monoisotopic (exact) mass is 756 g/mol. The predicted octanol–water partition coefficient (Wildman–Crippen LogP) is 12.9. The molecule has 1 aromatic carbocycles. The topological polar surface area (TPSA) is 55.8 Å². The standard InChI is InChI=1S/C43H69BrO4Si/c1-31(2)16-13-17-32(3)28-38(48-41(46)36-21-23-37(44)24-22-36)29-33(4)18-14-26-43(10)35(6)20-25-39(34(5)30-45)40(43)19-15-27-47-49(11,12)42(7,8)9/h16,18,21-24,28,35,38,40,45H,13-15,17,19-20,25-27,29-30H2,1-12H3/b32-28+,33-18+,39-34-/t35-,38+,40-,43-/m1/s1. The molecule has 4 nitrogen and oxygen atoms in total. The number of halogens is 1. The number of ether oxygens (including phenoxy) is 1. The first-order valence-corrected chi connectivity index (χ1v) is 22.4. The molecule has 0 saturated heterocycles. The van der Waals surface area contributed by atoms with Crippen LogP contribution in [0.25, 0.3) is 0 Å². The molecule has 2 rings (SSSR count). The maximum Gasteiger partial charge on any atom is 0.338 e. The zero-order chi connectivity index (χ0) is 37.0. The SMILES string of the molecule is CC(C)=CCC/C(C)=C/[C@@H](C/C(C)=C/CC[C@]1(C)[C@H](C)CC/C(=C(\C)CO)[C@H]1CCCO[Si](C)(C)C(C)(C)C)OC(=O)c1ccc(Br)cc1. The molecule has 6 heteroatoms. The molecule has 1 aliphatic carbocycles. The van der Waals surface area contributed by atoms with E-state index in [1.165, 1.54) is 22.3 Å². The molecule has 0 aliphatic heterocycles. The second-order valence-corrected chi connectivity index (χ2v) is 22.5. The zero-order valence-corrected chi connectivity index (χ0v) is 35.7. The van der Waals surface area contributed by atoms with Crippen LogP contribution in [0.4, 0.5) is 0 Å². The van der Waals surface area contributed by atoms with E-state index >= 15 is 0 Å². The van der Waals surface area contributed by atoms with Crippen LogP contribution in [-0.4, -0.2) is 38.7 Å². The van der Waals surface area contributed by atoms with Crippen molar-refractivity contribution in [1.29, 1.82) is 0 Å². The summed E-state index contributed by atoms with van der Waals surface area (Å²) in [4.78, 5) is 13.2. The maximum absolute atomic E-state index is 13.2. The van der Waals surface area contributed by atoms with Gasteiger partial charge in [0.1, 0.15) is 6.10 Å². The molecule has 0 heterocycles. The van der Waals surface area contributed by atoms with Crippen molar-refractivity contribution in [2.45, 2.75) is 151 Å². The van der Waals surface area contributed by atoms with Gasteiger partial charge in [-0.2, -0.15) is 0 Å².